The van der Waals surface area contributed by atoms with Crippen molar-refractivity contribution in [2.24, 2.45) is 0 Å². The Bertz CT molecular complexity index is 600. The standard InChI is InChI=1S/C15H13FN2/c1-11-3-2-4-14(7-11)18-10-13-6-5-12(9-17)8-15(13)16/h2-8,18H,10H2,1H3. The van der Waals surface area contributed by atoms with E-state index in [0.29, 0.717) is 17.7 Å². The SMILES string of the molecule is Cc1cccc(NCc2ccc(C#N)cc2F)c1. The summed E-state index contributed by atoms with van der Waals surface area (Å²) in [5.74, 6) is -0.353. The number of aryl methyl sites for hydroxylation is 1. The maximum atomic E-state index is 13.6. The fourth-order valence-electron chi connectivity index (χ4n) is 1.71. The van der Waals surface area contributed by atoms with Gasteiger partial charge < -0.3 is 5.32 Å². The van der Waals surface area contributed by atoms with E-state index in [1.165, 1.54) is 6.07 Å². The predicted octanol–water partition coefficient (Wildman–Crippen LogP) is 3.62. The van der Waals surface area contributed by atoms with Crippen molar-refractivity contribution in [1.82, 2.24) is 0 Å². The minimum atomic E-state index is -0.353. The van der Waals surface area contributed by atoms with Gasteiger partial charge in [0.05, 0.1) is 11.6 Å². The quantitative estimate of drug-likeness (QED) is 0.889. The van der Waals surface area contributed by atoms with Crippen LogP contribution in [0.4, 0.5) is 10.1 Å². The lowest BCUT2D eigenvalue weighted by Gasteiger charge is -2.08. The number of halogens is 1. The van der Waals surface area contributed by atoms with Gasteiger partial charge in [-0.2, -0.15) is 5.26 Å². The normalized spacial score (nSPS) is 9.83. The van der Waals surface area contributed by atoms with Gasteiger partial charge in [0.1, 0.15) is 5.82 Å². The largest absolute Gasteiger partial charge is 0.381 e. The zero-order chi connectivity index (χ0) is 13.0. The molecule has 0 spiro atoms. The second-order valence-corrected chi connectivity index (χ2v) is 4.14. The first-order valence-corrected chi connectivity index (χ1v) is 5.68. The molecule has 2 aromatic rings. The number of nitriles is 1. The van der Waals surface area contributed by atoms with E-state index in [-0.39, 0.29) is 5.82 Å². The number of rotatable bonds is 3. The van der Waals surface area contributed by atoms with E-state index in [4.69, 9.17) is 5.26 Å². The van der Waals surface area contributed by atoms with Gasteiger partial charge in [0, 0.05) is 17.8 Å². The molecule has 0 aliphatic carbocycles. The van der Waals surface area contributed by atoms with Gasteiger partial charge in [-0.25, -0.2) is 4.39 Å². The number of nitrogens with zero attached hydrogens (tertiary/aromatic N) is 1. The van der Waals surface area contributed by atoms with Gasteiger partial charge in [-0.3, -0.25) is 0 Å². The Morgan fingerprint density at radius 1 is 1.22 bits per heavy atom. The van der Waals surface area contributed by atoms with Gasteiger partial charge in [-0.05, 0) is 36.8 Å². The molecule has 0 aliphatic rings. The van der Waals surface area contributed by atoms with E-state index in [2.05, 4.69) is 5.32 Å². The molecular formula is C15H13FN2. The molecule has 2 aromatic carbocycles. The third-order valence-corrected chi connectivity index (χ3v) is 2.68. The number of anilines is 1. The fraction of sp³-hybridized carbons (Fsp3) is 0.133. The summed E-state index contributed by atoms with van der Waals surface area (Å²) in [7, 11) is 0. The van der Waals surface area contributed by atoms with E-state index in [1.54, 1.807) is 12.1 Å². The molecule has 90 valence electrons. The molecule has 0 amide bonds. The van der Waals surface area contributed by atoms with E-state index in [9.17, 15) is 4.39 Å². The van der Waals surface area contributed by atoms with Crippen LogP contribution >= 0.6 is 0 Å². The maximum absolute atomic E-state index is 13.6. The van der Waals surface area contributed by atoms with E-state index >= 15 is 0 Å². The lowest BCUT2D eigenvalue weighted by Crippen LogP contribution is -2.02. The average Bonchev–Trinajstić information content (AvgIpc) is 2.37. The topological polar surface area (TPSA) is 35.8 Å². The first-order chi connectivity index (χ1) is 8.69. The highest BCUT2D eigenvalue weighted by atomic mass is 19.1. The Morgan fingerprint density at radius 2 is 2.06 bits per heavy atom. The van der Waals surface area contributed by atoms with Crippen molar-refractivity contribution in [3.8, 4) is 6.07 Å². The molecular weight excluding hydrogens is 227 g/mol. The minimum Gasteiger partial charge on any atom is -0.381 e. The molecule has 1 N–H and O–H groups in total. The van der Waals surface area contributed by atoms with Gasteiger partial charge in [0.15, 0.2) is 0 Å². The van der Waals surface area contributed by atoms with Crippen LogP contribution in [-0.2, 0) is 6.54 Å². The Balaban J connectivity index is 2.09. The van der Waals surface area contributed by atoms with E-state index in [0.717, 1.165) is 11.3 Å². The van der Waals surface area contributed by atoms with Gasteiger partial charge >= 0.3 is 0 Å². The smallest absolute Gasteiger partial charge is 0.129 e. The van der Waals surface area contributed by atoms with Crippen LogP contribution in [0.2, 0.25) is 0 Å². The fourth-order valence-corrected chi connectivity index (χ4v) is 1.71. The Morgan fingerprint density at radius 3 is 2.72 bits per heavy atom. The number of nitrogens with one attached hydrogen (secondary N) is 1. The molecule has 0 heterocycles. The first-order valence-electron chi connectivity index (χ1n) is 5.68. The molecule has 0 unspecified atom stereocenters. The van der Waals surface area contributed by atoms with Gasteiger partial charge in [-0.1, -0.05) is 18.2 Å². The molecule has 0 fully saturated rings. The third-order valence-electron chi connectivity index (χ3n) is 2.68. The Hall–Kier alpha value is -2.34. The second-order valence-electron chi connectivity index (χ2n) is 4.14. The highest BCUT2D eigenvalue weighted by Gasteiger charge is 2.03. The number of hydrogen-bond donors (Lipinski definition) is 1. The molecule has 2 rings (SSSR count). The Labute approximate surface area is 106 Å². The molecule has 18 heavy (non-hydrogen) atoms. The maximum Gasteiger partial charge on any atom is 0.129 e. The first kappa shape index (κ1) is 12.1. The van der Waals surface area contributed by atoms with Crippen LogP contribution in [0, 0.1) is 24.1 Å². The second kappa shape index (κ2) is 5.33. The van der Waals surface area contributed by atoms with Crippen molar-refractivity contribution in [3.05, 3.63) is 65.0 Å². The minimum absolute atomic E-state index is 0.340. The van der Waals surface area contributed by atoms with Crippen molar-refractivity contribution in [2.45, 2.75) is 13.5 Å². The van der Waals surface area contributed by atoms with Gasteiger partial charge in [0.25, 0.3) is 0 Å². The summed E-state index contributed by atoms with van der Waals surface area (Å²) in [6.07, 6.45) is 0. The monoisotopic (exact) mass is 240 g/mol. The zero-order valence-corrected chi connectivity index (χ0v) is 10.1. The highest BCUT2D eigenvalue weighted by Crippen LogP contribution is 2.14. The van der Waals surface area contributed by atoms with Crippen LogP contribution in [0.3, 0.4) is 0 Å². The summed E-state index contributed by atoms with van der Waals surface area (Å²) in [6, 6.07) is 14.3. The van der Waals surface area contributed by atoms with Crippen LogP contribution in [0.1, 0.15) is 16.7 Å². The Kier molecular flexibility index (Phi) is 3.59. The van der Waals surface area contributed by atoms with E-state index in [1.807, 2.05) is 37.3 Å². The van der Waals surface area contributed by atoms with Crippen LogP contribution < -0.4 is 5.32 Å². The number of benzene rings is 2. The molecule has 0 bridgehead atoms. The van der Waals surface area contributed by atoms with Crippen molar-refractivity contribution >= 4 is 5.69 Å². The molecule has 0 aliphatic heterocycles. The summed E-state index contributed by atoms with van der Waals surface area (Å²) in [6.45, 7) is 2.41. The lowest BCUT2D eigenvalue weighted by atomic mass is 10.1. The molecule has 0 radical (unpaired) electrons. The van der Waals surface area contributed by atoms with Crippen LogP contribution in [0.5, 0.6) is 0 Å². The summed E-state index contributed by atoms with van der Waals surface area (Å²) >= 11 is 0. The number of hydrogen-bond acceptors (Lipinski definition) is 2. The van der Waals surface area contributed by atoms with Gasteiger partial charge in [0.2, 0.25) is 0 Å². The molecule has 3 heteroatoms. The lowest BCUT2D eigenvalue weighted by molar-refractivity contribution is 0.612. The summed E-state index contributed by atoms with van der Waals surface area (Å²) < 4.78 is 13.6. The zero-order valence-electron chi connectivity index (χ0n) is 10.1. The average molecular weight is 240 g/mol. The predicted molar refractivity (Wildman–Crippen MR) is 69.6 cm³/mol. The van der Waals surface area contributed by atoms with Crippen molar-refractivity contribution in [2.75, 3.05) is 5.32 Å². The van der Waals surface area contributed by atoms with Crippen LogP contribution in [0.15, 0.2) is 42.5 Å². The summed E-state index contributed by atoms with van der Waals surface area (Å²) in [4.78, 5) is 0. The van der Waals surface area contributed by atoms with Gasteiger partial charge in [-0.15, -0.1) is 0 Å². The third kappa shape index (κ3) is 2.86. The summed E-state index contributed by atoms with van der Waals surface area (Å²) in [5, 5.41) is 11.8. The molecule has 0 atom stereocenters. The van der Waals surface area contributed by atoms with Crippen LogP contribution in [-0.4, -0.2) is 0 Å². The van der Waals surface area contributed by atoms with Crippen molar-refractivity contribution < 1.29 is 4.39 Å². The highest BCUT2D eigenvalue weighted by molar-refractivity contribution is 5.46. The molecule has 0 saturated carbocycles. The van der Waals surface area contributed by atoms with Crippen molar-refractivity contribution in [1.29, 1.82) is 5.26 Å². The molecule has 2 nitrogen and oxygen atoms in total. The summed E-state index contributed by atoms with van der Waals surface area (Å²) in [5.41, 5.74) is 3.00. The van der Waals surface area contributed by atoms with Crippen molar-refractivity contribution in [3.63, 3.8) is 0 Å². The molecule has 0 aromatic heterocycles. The molecule has 0 saturated heterocycles. The van der Waals surface area contributed by atoms with Crippen LogP contribution in [0.25, 0.3) is 0 Å². The van der Waals surface area contributed by atoms with E-state index < -0.39 is 0 Å².